The van der Waals surface area contributed by atoms with Gasteiger partial charge in [0.1, 0.15) is 5.82 Å². The maximum atomic E-state index is 13.4. The second kappa shape index (κ2) is 6.61. The maximum absolute atomic E-state index is 13.4. The summed E-state index contributed by atoms with van der Waals surface area (Å²) in [5.74, 6) is 5.31. The molecule has 19 heavy (non-hydrogen) atoms. The Morgan fingerprint density at radius 1 is 1.11 bits per heavy atom. The van der Waals surface area contributed by atoms with Crippen molar-refractivity contribution in [2.75, 3.05) is 0 Å². The molecule has 0 bridgehead atoms. The second-order valence-corrected chi connectivity index (χ2v) is 6.09. The maximum Gasteiger partial charge on any atom is 0.124 e. The van der Waals surface area contributed by atoms with Crippen molar-refractivity contribution in [3.63, 3.8) is 0 Å². The van der Waals surface area contributed by atoms with Crippen LogP contribution in [0.4, 0.5) is 4.39 Å². The van der Waals surface area contributed by atoms with E-state index < -0.39 is 0 Å². The SMILES string of the molecule is NNC(Cc1cccc(Br)c1)c1cc(F)cc(Br)c1. The van der Waals surface area contributed by atoms with Crippen LogP contribution in [0.2, 0.25) is 0 Å². The lowest BCUT2D eigenvalue weighted by Crippen LogP contribution is -2.29. The molecule has 0 heterocycles. The van der Waals surface area contributed by atoms with Crippen LogP contribution in [0.25, 0.3) is 0 Å². The minimum atomic E-state index is -0.279. The molecule has 0 aliphatic rings. The summed E-state index contributed by atoms with van der Waals surface area (Å²) in [5, 5.41) is 0. The van der Waals surface area contributed by atoms with Crippen LogP contribution >= 0.6 is 31.9 Å². The Morgan fingerprint density at radius 2 is 1.89 bits per heavy atom. The lowest BCUT2D eigenvalue weighted by molar-refractivity contribution is 0.544. The van der Waals surface area contributed by atoms with E-state index in [1.807, 2.05) is 30.3 Å². The van der Waals surface area contributed by atoms with E-state index in [-0.39, 0.29) is 11.9 Å². The molecule has 2 aromatic rings. The Morgan fingerprint density at radius 3 is 2.53 bits per heavy atom. The highest BCUT2D eigenvalue weighted by Crippen LogP contribution is 2.24. The van der Waals surface area contributed by atoms with Gasteiger partial charge < -0.3 is 0 Å². The molecule has 0 aliphatic heterocycles. The second-order valence-electron chi connectivity index (χ2n) is 4.26. The molecule has 5 heteroatoms. The van der Waals surface area contributed by atoms with Crippen molar-refractivity contribution in [1.29, 1.82) is 0 Å². The molecule has 0 amide bonds. The van der Waals surface area contributed by atoms with Crippen LogP contribution in [-0.2, 0) is 6.42 Å². The molecule has 2 aromatic carbocycles. The van der Waals surface area contributed by atoms with Crippen molar-refractivity contribution in [1.82, 2.24) is 5.43 Å². The number of benzene rings is 2. The highest BCUT2D eigenvalue weighted by Gasteiger charge is 2.12. The monoisotopic (exact) mass is 386 g/mol. The largest absolute Gasteiger partial charge is 0.271 e. The summed E-state index contributed by atoms with van der Waals surface area (Å²) < 4.78 is 15.1. The van der Waals surface area contributed by atoms with E-state index in [4.69, 9.17) is 5.84 Å². The van der Waals surface area contributed by atoms with Crippen molar-refractivity contribution in [2.24, 2.45) is 5.84 Å². The first-order valence-corrected chi connectivity index (χ1v) is 7.33. The standard InChI is InChI=1S/C14H13Br2FN2/c15-11-3-1-2-9(4-11)5-14(19-18)10-6-12(16)8-13(17)7-10/h1-4,6-8,14,19H,5,18H2. The highest BCUT2D eigenvalue weighted by molar-refractivity contribution is 9.10. The number of hydrazine groups is 1. The van der Waals surface area contributed by atoms with E-state index in [2.05, 4.69) is 37.3 Å². The van der Waals surface area contributed by atoms with E-state index in [1.54, 1.807) is 0 Å². The van der Waals surface area contributed by atoms with Crippen molar-refractivity contribution in [2.45, 2.75) is 12.5 Å². The van der Waals surface area contributed by atoms with E-state index in [1.165, 1.54) is 12.1 Å². The summed E-state index contributed by atoms with van der Waals surface area (Å²) in [6.45, 7) is 0. The average Bonchev–Trinajstić information content (AvgIpc) is 2.34. The van der Waals surface area contributed by atoms with Crippen LogP contribution in [0.3, 0.4) is 0 Å². The minimum absolute atomic E-state index is 0.138. The van der Waals surface area contributed by atoms with Gasteiger partial charge >= 0.3 is 0 Å². The number of hydrogen-bond donors (Lipinski definition) is 2. The zero-order valence-corrected chi connectivity index (χ0v) is 13.2. The molecule has 0 fully saturated rings. The summed E-state index contributed by atoms with van der Waals surface area (Å²) >= 11 is 6.73. The minimum Gasteiger partial charge on any atom is -0.271 e. The predicted octanol–water partition coefficient (Wildman–Crippen LogP) is 4.10. The van der Waals surface area contributed by atoms with Crippen molar-refractivity contribution in [3.8, 4) is 0 Å². The van der Waals surface area contributed by atoms with Crippen LogP contribution in [0.15, 0.2) is 51.4 Å². The van der Waals surface area contributed by atoms with Gasteiger partial charge in [-0.25, -0.2) is 4.39 Å². The van der Waals surface area contributed by atoms with Gasteiger partial charge in [0, 0.05) is 8.95 Å². The van der Waals surface area contributed by atoms with Gasteiger partial charge in [0.15, 0.2) is 0 Å². The van der Waals surface area contributed by atoms with Crippen LogP contribution in [0.1, 0.15) is 17.2 Å². The first-order valence-electron chi connectivity index (χ1n) is 5.75. The third kappa shape index (κ3) is 4.11. The summed E-state index contributed by atoms with van der Waals surface area (Å²) in [4.78, 5) is 0. The molecule has 2 nitrogen and oxygen atoms in total. The zero-order valence-electron chi connectivity index (χ0n) is 10.0. The van der Waals surface area contributed by atoms with Gasteiger partial charge in [-0.2, -0.15) is 0 Å². The fourth-order valence-electron chi connectivity index (χ4n) is 1.95. The molecule has 0 aromatic heterocycles. The Bertz CT molecular complexity index is 555. The van der Waals surface area contributed by atoms with Gasteiger partial charge in [-0.05, 0) is 47.9 Å². The molecule has 2 rings (SSSR count). The fraction of sp³-hybridized carbons (Fsp3) is 0.143. The van der Waals surface area contributed by atoms with Gasteiger partial charge in [0.25, 0.3) is 0 Å². The number of nitrogens with one attached hydrogen (secondary N) is 1. The van der Waals surface area contributed by atoms with E-state index in [9.17, 15) is 4.39 Å². The lowest BCUT2D eigenvalue weighted by atomic mass is 9.99. The predicted molar refractivity (Wildman–Crippen MR) is 82.0 cm³/mol. The van der Waals surface area contributed by atoms with E-state index >= 15 is 0 Å². The molecule has 0 radical (unpaired) electrons. The summed E-state index contributed by atoms with van der Waals surface area (Å²) in [6, 6.07) is 12.6. The third-order valence-corrected chi connectivity index (χ3v) is 3.77. The number of nitrogens with two attached hydrogens (primary N) is 1. The Kier molecular flexibility index (Phi) is 5.10. The number of hydrogen-bond acceptors (Lipinski definition) is 2. The first kappa shape index (κ1) is 14.7. The van der Waals surface area contributed by atoms with Crippen LogP contribution in [0.5, 0.6) is 0 Å². The molecule has 3 N–H and O–H groups in total. The van der Waals surface area contributed by atoms with Crippen LogP contribution in [-0.4, -0.2) is 0 Å². The molecule has 100 valence electrons. The number of rotatable bonds is 4. The highest BCUT2D eigenvalue weighted by atomic mass is 79.9. The molecular formula is C14H13Br2FN2. The van der Waals surface area contributed by atoms with Gasteiger partial charge in [0.05, 0.1) is 6.04 Å². The average molecular weight is 388 g/mol. The Hall–Kier alpha value is -0.750. The summed E-state index contributed by atoms with van der Waals surface area (Å²) in [6.07, 6.45) is 0.686. The molecule has 0 saturated carbocycles. The zero-order chi connectivity index (χ0) is 13.8. The van der Waals surface area contributed by atoms with E-state index in [0.29, 0.717) is 10.9 Å². The molecule has 1 atom stereocenters. The first-order chi connectivity index (χ1) is 9.08. The van der Waals surface area contributed by atoms with Crippen LogP contribution in [0, 0.1) is 5.82 Å². The van der Waals surface area contributed by atoms with Crippen LogP contribution < -0.4 is 11.3 Å². The summed E-state index contributed by atoms with van der Waals surface area (Å²) in [5.41, 5.74) is 4.68. The van der Waals surface area contributed by atoms with Crippen molar-refractivity contribution >= 4 is 31.9 Å². The molecular weight excluding hydrogens is 375 g/mol. The van der Waals surface area contributed by atoms with Crippen molar-refractivity contribution in [3.05, 3.63) is 68.4 Å². The van der Waals surface area contributed by atoms with Gasteiger partial charge in [-0.1, -0.05) is 44.0 Å². The quantitative estimate of drug-likeness (QED) is 0.612. The van der Waals surface area contributed by atoms with Crippen molar-refractivity contribution < 1.29 is 4.39 Å². The molecule has 0 saturated heterocycles. The Labute approximate surface area is 128 Å². The third-order valence-electron chi connectivity index (χ3n) is 2.82. The van der Waals surface area contributed by atoms with Gasteiger partial charge in [-0.3, -0.25) is 11.3 Å². The smallest absolute Gasteiger partial charge is 0.124 e. The lowest BCUT2D eigenvalue weighted by Gasteiger charge is -2.17. The number of halogens is 3. The van der Waals surface area contributed by atoms with E-state index in [0.717, 1.165) is 15.6 Å². The van der Waals surface area contributed by atoms with Gasteiger partial charge in [0.2, 0.25) is 0 Å². The molecule has 0 spiro atoms. The topological polar surface area (TPSA) is 38.0 Å². The Balaban J connectivity index is 2.24. The summed E-state index contributed by atoms with van der Waals surface area (Å²) in [7, 11) is 0. The van der Waals surface area contributed by atoms with Gasteiger partial charge in [-0.15, -0.1) is 0 Å². The fourth-order valence-corrected chi connectivity index (χ4v) is 2.88. The molecule has 1 unspecified atom stereocenters. The normalized spacial score (nSPS) is 12.4. The molecule has 0 aliphatic carbocycles.